The summed E-state index contributed by atoms with van der Waals surface area (Å²) in [6.45, 7) is 4.52. The highest BCUT2D eigenvalue weighted by molar-refractivity contribution is 7.89. The van der Waals surface area contributed by atoms with Crippen molar-refractivity contribution in [3.8, 4) is 5.75 Å². The van der Waals surface area contributed by atoms with Crippen LogP contribution in [0.25, 0.3) is 0 Å². The van der Waals surface area contributed by atoms with Crippen molar-refractivity contribution in [2.45, 2.75) is 31.3 Å². The lowest BCUT2D eigenvalue weighted by molar-refractivity contribution is 0.0318. The molecule has 0 aliphatic carbocycles. The molecule has 1 unspecified atom stereocenters. The van der Waals surface area contributed by atoms with Crippen molar-refractivity contribution in [1.82, 2.24) is 4.31 Å². The van der Waals surface area contributed by atoms with Gasteiger partial charge in [-0.15, -0.1) is 0 Å². The molecule has 1 aliphatic heterocycles. The van der Waals surface area contributed by atoms with E-state index in [9.17, 15) is 18.0 Å². The number of sulfonamides is 1. The topological polar surface area (TPSA) is 99.2 Å². The highest BCUT2D eigenvalue weighted by Gasteiger charge is 2.30. The van der Waals surface area contributed by atoms with E-state index in [4.69, 9.17) is 14.2 Å². The summed E-state index contributed by atoms with van der Waals surface area (Å²) in [6.07, 6.45) is -0.178. The molecule has 1 atom stereocenters. The Labute approximate surface area is 188 Å². The van der Waals surface area contributed by atoms with E-state index in [-0.39, 0.29) is 35.1 Å². The average molecular weight is 462 g/mol. The highest BCUT2D eigenvalue weighted by atomic mass is 32.2. The van der Waals surface area contributed by atoms with E-state index in [2.05, 4.69) is 0 Å². The lowest BCUT2D eigenvalue weighted by atomic mass is 10.0. The summed E-state index contributed by atoms with van der Waals surface area (Å²) >= 11 is 0. The summed E-state index contributed by atoms with van der Waals surface area (Å²) in [5, 5.41) is 0. The van der Waals surface area contributed by atoms with E-state index >= 15 is 0 Å². The first kappa shape index (κ1) is 23.9. The zero-order valence-corrected chi connectivity index (χ0v) is 19.2. The van der Waals surface area contributed by atoms with Crippen molar-refractivity contribution in [2.24, 2.45) is 0 Å². The summed E-state index contributed by atoms with van der Waals surface area (Å²) < 4.78 is 43.2. The number of rotatable bonds is 8. The minimum Gasteiger partial charge on any atom is -0.495 e. The zero-order valence-electron chi connectivity index (χ0n) is 18.4. The molecule has 1 saturated heterocycles. The first-order valence-electron chi connectivity index (χ1n) is 10.4. The predicted octanol–water partition coefficient (Wildman–Crippen LogP) is 2.71. The Hall–Kier alpha value is -2.75. The molecule has 0 saturated carbocycles. The SMILES string of the molecule is CCc1ccc(C(=O)C(C)OC(=O)c2ccc(OC)c(S(=O)(=O)N3CCOCC3)c2)cc1. The minimum atomic E-state index is -3.90. The van der Waals surface area contributed by atoms with Crippen LogP contribution in [0.4, 0.5) is 0 Å². The largest absolute Gasteiger partial charge is 0.495 e. The van der Waals surface area contributed by atoms with Gasteiger partial charge in [-0.3, -0.25) is 4.79 Å². The first-order valence-corrected chi connectivity index (χ1v) is 11.8. The Morgan fingerprint density at radius 2 is 1.69 bits per heavy atom. The number of ketones is 1. The van der Waals surface area contributed by atoms with Crippen LogP contribution in [0.1, 0.15) is 40.1 Å². The number of Topliss-reactive ketones (excluding diaryl/α,β-unsaturated/α-hetero) is 1. The number of ether oxygens (including phenoxy) is 3. The van der Waals surface area contributed by atoms with Crippen LogP contribution < -0.4 is 4.74 Å². The van der Waals surface area contributed by atoms with Gasteiger partial charge in [0.25, 0.3) is 0 Å². The van der Waals surface area contributed by atoms with E-state index in [0.717, 1.165) is 12.0 Å². The number of methoxy groups -OCH3 is 1. The van der Waals surface area contributed by atoms with Crippen molar-refractivity contribution < 1.29 is 32.2 Å². The molecule has 9 heteroatoms. The molecule has 172 valence electrons. The van der Waals surface area contributed by atoms with Gasteiger partial charge >= 0.3 is 5.97 Å². The maximum Gasteiger partial charge on any atom is 0.338 e. The van der Waals surface area contributed by atoms with E-state index in [1.165, 1.54) is 36.5 Å². The van der Waals surface area contributed by atoms with Crippen molar-refractivity contribution in [2.75, 3.05) is 33.4 Å². The van der Waals surface area contributed by atoms with Gasteiger partial charge in [0.1, 0.15) is 10.6 Å². The minimum absolute atomic E-state index is 0.0126. The van der Waals surface area contributed by atoms with Gasteiger partial charge in [0.15, 0.2) is 6.10 Å². The quantitative estimate of drug-likeness (QED) is 0.440. The third kappa shape index (κ3) is 5.17. The fourth-order valence-corrected chi connectivity index (χ4v) is 4.94. The Morgan fingerprint density at radius 3 is 2.28 bits per heavy atom. The van der Waals surface area contributed by atoms with Crippen LogP contribution in [-0.2, 0) is 25.9 Å². The number of hydrogen-bond acceptors (Lipinski definition) is 7. The predicted molar refractivity (Wildman–Crippen MR) is 118 cm³/mol. The first-order chi connectivity index (χ1) is 15.3. The van der Waals surface area contributed by atoms with Gasteiger partial charge in [-0.1, -0.05) is 31.2 Å². The summed E-state index contributed by atoms with van der Waals surface area (Å²) in [4.78, 5) is 25.2. The molecule has 2 aromatic carbocycles. The van der Waals surface area contributed by atoms with Crippen molar-refractivity contribution in [1.29, 1.82) is 0 Å². The number of aryl methyl sites for hydroxylation is 1. The standard InChI is InChI=1S/C23H27NO7S/c1-4-17-5-7-18(8-6-17)22(25)16(2)31-23(26)19-9-10-20(29-3)21(15-19)32(27,28)24-11-13-30-14-12-24/h5-10,15-16H,4,11-14H2,1-3H3. The summed E-state index contributed by atoms with van der Waals surface area (Å²) in [5.74, 6) is -1.01. The lowest BCUT2D eigenvalue weighted by Crippen LogP contribution is -2.40. The molecule has 0 bridgehead atoms. The molecule has 0 aromatic heterocycles. The summed E-state index contributed by atoms with van der Waals surface area (Å²) in [6, 6.07) is 11.1. The van der Waals surface area contributed by atoms with Crippen molar-refractivity contribution in [3.63, 3.8) is 0 Å². The second-order valence-electron chi connectivity index (χ2n) is 7.34. The van der Waals surface area contributed by atoms with E-state index in [0.29, 0.717) is 18.8 Å². The molecule has 0 radical (unpaired) electrons. The number of carbonyl (C=O) groups is 2. The normalized spacial score (nSPS) is 15.7. The Balaban J connectivity index is 1.80. The number of nitrogens with zero attached hydrogens (tertiary/aromatic N) is 1. The van der Waals surface area contributed by atoms with Gasteiger partial charge < -0.3 is 14.2 Å². The molecule has 0 N–H and O–H groups in total. The zero-order chi connectivity index (χ0) is 23.3. The van der Waals surface area contributed by atoms with Crippen molar-refractivity contribution >= 4 is 21.8 Å². The Morgan fingerprint density at radius 1 is 1.06 bits per heavy atom. The van der Waals surface area contributed by atoms with Crippen LogP contribution in [0.3, 0.4) is 0 Å². The molecular formula is C23H27NO7S. The number of carbonyl (C=O) groups excluding carboxylic acids is 2. The van der Waals surface area contributed by atoms with Crippen molar-refractivity contribution in [3.05, 3.63) is 59.2 Å². The second-order valence-corrected chi connectivity index (χ2v) is 9.25. The molecule has 32 heavy (non-hydrogen) atoms. The highest BCUT2D eigenvalue weighted by Crippen LogP contribution is 2.29. The average Bonchev–Trinajstić information content (AvgIpc) is 2.83. The fourth-order valence-electron chi connectivity index (χ4n) is 3.35. The summed E-state index contributed by atoms with van der Waals surface area (Å²) in [5.41, 5.74) is 1.55. The fraction of sp³-hybridized carbons (Fsp3) is 0.391. The van der Waals surface area contributed by atoms with E-state index < -0.39 is 22.1 Å². The molecule has 1 aliphatic rings. The number of hydrogen-bond donors (Lipinski definition) is 0. The molecule has 3 rings (SSSR count). The van der Waals surface area contributed by atoms with Crippen LogP contribution in [0.15, 0.2) is 47.4 Å². The molecule has 0 spiro atoms. The Kier molecular flexibility index (Phi) is 7.65. The summed E-state index contributed by atoms with van der Waals surface area (Å²) in [7, 11) is -2.54. The molecule has 8 nitrogen and oxygen atoms in total. The molecule has 0 amide bonds. The van der Waals surface area contributed by atoms with E-state index in [1.54, 1.807) is 12.1 Å². The second kappa shape index (κ2) is 10.2. The lowest BCUT2D eigenvalue weighted by Gasteiger charge is -2.26. The van der Waals surface area contributed by atoms with Crippen LogP contribution >= 0.6 is 0 Å². The van der Waals surface area contributed by atoms with Gasteiger partial charge in [0, 0.05) is 18.7 Å². The van der Waals surface area contributed by atoms with E-state index in [1.807, 2.05) is 19.1 Å². The van der Waals surface area contributed by atoms with Crippen LogP contribution in [0, 0.1) is 0 Å². The van der Waals surface area contributed by atoms with Crippen LogP contribution in [0.5, 0.6) is 5.75 Å². The molecule has 1 heterocycles. The van der Waals surface area contributed by atoms with Crippen LogP contribution in [-0.4, -0.2) is 64.0 Å². The smallest absolute Gasteiger partial charge is 0.338 e. The maximum absolute atomic E-state index is 13.1. The van der Waals surface area contributed by atoms with Gasteiger partial charge in [0.2, 0.25) is 15.8 Å². The number of benzene rings is 2. The number of morpholine rings is 1. The Bertz CT molecular complexity index is 1070. The van der Waals surface area contributed by atoms with Crippen LogP contribution in [0.2, 0.25) is 0 Å². The molecule has 1 fully saturated rings. The maximum atomic E-state index is 13.1. The van der Waals surface area contributed by atoms with Gasteiger partial charge in [-0.2, -0.15) is 4.31 Å². The third-order valence-electron chi connectivity index (χ3n) is 5.29. The number of esters is 1. The van der Waals surface area contributed by atoms with Gasteiger partial charge in [0.05, 0.1) is 25.9 Å². The monoisotopic (exact) mass is 461 g/mol. The molecular weight excluding hydrogens is 434 g/mol. The molecule has 2 aromatic rings. The third-order valence-corrected chi connectivity index (χ3v) is 7.21. The van der Waals surface area contributed by atoms with Gasteiger partial charge in [-0.05, 0) is 37.1 Å². The van der Waals surface area contributed by atoms with Gasteiger partial charge in [-0.25, -0.2) is 13.2 Å².